The van der Waals surface area contributed by atoms with E-state index < -0.39 is 0 Å². The van der Waals surface area contributed by atoms with Gasteiger partial charge in [-0.25, -0.2) is 9.97 Å². The van der Waals surface area contributed by atoms with Crippen LogP contribution in [-0.4, -0.2) is 25.4 Å². The lowest BCUT2D eigenvalue weighted by molar-refractivity contribution is 0.111. The van der Waals surface area contributed by atoms with Crippen molar-refractivity contribution in [3.8, 4) is 5.95 Å². The Labute approximate surface area is 97.3 Å². The van der Waals surface area contributed by atoms with Crippen LogP contribution < -0.4 is 0 Å². The zero-order valence-electron chi connectivity index (χ0n) is 9.24. The number of carbonyl (C=O) groups is 1. The normalized spacial score (nSPS) is 10.9. The minimum Gasteiger partial charge on any atom is -0.313 e. The van der Waals surface area contributed by atoms with E-state index in [-0.39, 0.29) is 0 Å². The molecule has 0 radical (unpaired) electrons. The second kappa shape index (κ2) is 3.55. The van der Waals surface area contributed by atoms with Crippen molar-refractivity contribution in [3.05, 3.63) is 42.5 Å². The van der Waals surface area contributed by atoms with Crippen LogP contribution in [0.4, 0.5) is 0 Å². The number of carbonyl (C=O) groups excluding carboxylic acids is 1. The van der Waals surface area contributed by atoms with Crippen LogP contribution in [0.3, 0.4) is 0 Å². The zero-order chi connectivity index (χ0) is 11.8. The Balaban J connectivity index is 2.23. The third-order valence-corrected chi connectivity index (χ3v) is 2.72. The van der Waals surface area contributed by atoms with Crippen molar-refractivity contribution >= 4 is 17.3 Å². The van der Waals surface area contributed by atoms with E-state index in [4.69, 9.17) is 0 Å². The molecule has 0 atom stereocenters. The molecule has 0 saturated carbocycles. The number of fused-ring (bicyclic) bond motifs is 1. The van der Waals surface area contributed by atoms with Gasteiger partial charge < -0.3 is 4.57 Å². The fourth-order valence-corrected chi connectivity index (χ4v) is 1.87. The summed E-state index contributed by atoms with van der Waals surface area (Å²) in [4.78, 5) is 19.1. The molecule has 0 spiro atoms. The summed E-state index contributed by atoms with van der Waals surface area (Å²) in [5.74, 6) is 0.742. The van der Waals surface area contributed by atoms with Crippen LogP contribution >= 0.6 is 0 Å². The van der Waals surface area contributed by atoms with Crippen molar-refractivity contribution in [3.63, 3.8) is 0 Å². The molecule has 17 heavy (non-hydrogen) atoms. The van der Waals surface area contributed by atoms with Gasteiger partial charge in [-0.05, 0) is 12.1 Å². The molecular formula is C12H10N4O. The van der Waals surface area contributed by atoms with Crippen LogP contribution in [-0.2, 0) is 7.05 Å². The molecule has 0 amide bonds. The van der Waals surface area contributed by atoms with Crippen molar-refractivity contribution in [1.82, 2.24) is 19.1 Å². The van der Waals surface area contributed by atoms with Crippen molar-refractivity contribution in [2.24, 2.45) is 7.05 Å². The standard InChI is InChI=1S/C12H10N4O/c1-15-11-5-3-2-4-10(11)14-12(15)16-6-9(7-17)13-8-16/h2-8H,1H3. The van der Waals surface area contributed by atoms with Gasteiger partial charge in [-0.2, -0.15) is 0 Å². The molecule has 0 aliphatic rings. The number of rotatable bonds is 2. The first-order valence-corrected chi connectivity index (χ1v) is 5.20. The highest BCUT2D eigenvalue weighted by Gasteiger charge is 2.09. The summed E-state index contributed by atoms with van der Waals surface area (Å²) < 4.78 is 3.70. The van der Waals surface area contributed by atoms with Crippen LogP contribution in [0.2, 0.25) is 0 Å². The van der Waals surface area contributed by atoms with Gasteiger partial charge in [0.25, 0.3) is 0 Å². The summed E-state index contributed by atoms with van der Waals surface area (Å²) in [6.07, 6.45) is 3.97. The molecule has 0 saturated heterocycles. The van der Waals surface area contributed by atoms with Gasteiger partial charge in [0.1, 0.15) is 12.0 Å². The molecule has 2 aromatic heterocycles. The average molecular weight is 226 g/mol. The van der Waals surface area contributed by atoms with Gasteiger partial charge in [0, 0.05) is 13.2 Å². The summed E-state index contributed by atoms with van der Waals surface area (Å²) in [5.41, 5.74) is 2.37. The second-order valence-electron chi connectivity index (χ2n) is 3.78. The van der Waals surface area contributed by atoms with E-state index in [1.54, 1.807) is 17.1 Å². The van der Waals surface area contributed by atoms with E-state index in [0.717, 1.165) is 23.3 Å². The van der Waals surface area contributed by atoms with Crippen molar-refractivity contribution in [2.45, 2.75) is 0 Å². The Bertz CT molecular complexity index is 695. The third kappa shape index (κ3) is 1.44. The Morgan fingerprint density at radius 1 is 1.29 bits per heavy atom. The SMILES string of the molecule is Cn1c(-n2cnc(C=O)c2)nc2ccccc21. The number of hydrogen-bond donors (Lipinski definition) is 0. The Kier molecular flexibility index (Phi) is 2.04. The molecule has 3 rings (SSSR count). The van der Waals surface area contributed by atoms with Gasteiger partial charge in [-0.15, -0.1) is 0 Å². The number of aromatic nitrogens is 4. The van der Waals surface area contributed by atoms with E-state index >= 15 is 0 Å². The first-order valence-electron chi connectivity index (χ1n) is 5.20. The monoisotopic (exact) mass is 226 g/mol. The van der Waals surface area contributed by atoms with E-state index in [1.165, 1.54) is 0 Å². The number of benzene rings is 1. The molecule has 0 bridgehead atoms. The summed E-state index contributed by atoms with van der Waals surface area (Å²) in [7, 11) is 1.94. The number of para-hydroxylation sites is 2. The third-order valence-electron chi connectivity index (χ3n) is 2.72. The highest BCUT2D eigenvalue weighted by atomic mass is 16.1. The zero-order valence-corrected chi connectivity index (χ0v) is 9.24. The highest BCUT2D eigenvalue weighted by Crippen LogP contribution is 2.16. The molecular weight excluding hydrogens is 216 g/mol. The van der Waals surface area contributed by atoms with Crippen LogP contribution in [0.1, 0.15) is 10.5 Å². The number of imidazole rings is 2. The Hall–Kier alpha value is -2.43. The van der Waals surface area contributed by atoms with Crippen molar-refractivity contribution in [1.29, 1.82) is 0 Å². The quantitative estimate of drug-likeness (QED) is 0.623. The van der Waals surface area contributed by atoms with Crippen molar-refractivity contribution in [2.75, 3.05) is 0 Å². The first kappa shape index (κ1) is 9.77. The number of aldehydes is 1. The molecule has 1 aromatic carbocycles. The summed E-state index contributed by atoms with van der Waals surface area (Å²) >= 11 is 0. The van der Waals surface area contributed by atoms with Crippen LogP contribution in [0.25, 0.3) is 17.0 Å². The topological polar surface area (TPSA) is 52.7 Å². The van der Waals surface area contributed by atoms with Gasteiger partial charge in [-0.1, -0.05) is 12.1 Å². The van der Waals surface area contributed by atoms with Crippen LogP contribution in [0, 0.1) is 0 Å². The number of nitrogens with zero attached hydrogens (tertiary/aromatic N) is 4. The molecule has 5 nitrogen and oxygen atoms in total. The summed E-state index contributed by atoms with van der Waals surface area (Å²) in [6, 6.07) is 7.88. The second-order valence-corrected chi connectivity index (χ2v) is 3.78. The van der Waals surface area contributed by atoms with E-state index in [0.29, 0.717) is 5.69 Å². The lowest BCUT2D eigenvalue weighted by atomic mass is 10.3. The highest BCUT2D eigenvalue weighted by molar-refractivity contribution is 5.77. The lowest BCUT2D eigenvalue weighted by Crippen LogP contribution is -2.00. The predicted octanol–water partition coefficient (Wildman–Crippen LogP) is 1.57. The first-order chi connectivity index (χ1) is 8.29. The minimum absolute atomic E-state index is 0.400. The smallest absolute Gasteiger partial charge is 0.215 e. The average Bonchev–Trinajstić information content (AvgIpc) is 2.95. The molecule has 0 fully saturated rings. The van der Waals surface area contributed by atoms with E-state index in [1.807, 2.05) is 35.9 Å². The molecule has 0 aliphatic carbocycles. The summed E-state index contributed by atoms with van der Waals surface area (Å²) in [6.45, 7) is 0. The molecule has 84 valence electrons. The molecule has 0 N–H and O–H groups in total. The number of aryl methyl sites for hydroxylation is 1. The molecule has 3 aromatic rings. The molecule has 5 heteroatoms. The Morgan fingerprint density at radius 3 is 2.82 bits per heavy atom. The maximum absolute atomic E-state index is 10.6. The Morgan fingerprint density at radius 2 is 2.12 bits per heavy atom. The molecule has 0 unspecified atom stereocenters. The van der Waals surface area contributed by atoms with Crippen molar-refractivity contribution < 1.29 is 4.79 Å². The van der Waals surface area contributed by atoms with E-state index in [2.05, 4.69) is 9.97 Å². The largest absolute Gasteiger partial charge is 0.313 e. The fraction of sp³-hybridized carbons (Fsp3) is 0.0833. The van der Waals surface area contributed by atoms with Gasteiger partial charge in [0.2, 0.25) is 5.95 Å². The maximum atomic E-state index is 10.6. The van der Waals surface area contributed by atoms with Crippen LogP contribution in [0.15, 0.2) is 36.8 Å². The van der Waals surface area contributed by atoms with Gasteiger partial charge >= 0.3 is 0 Å². The summed E-state index contributed by atoms with van der Waals surface area (Å²) in [5, 5.41) is 0. The van der Waals surface area contributed by atoms with E-state index in [9.17, 15) is 4.79 Å². The minimum atomic E-state index is 0.400. The van der Waals surface area contributed by atoms with Gasteiger partial charge in [-0.3, -0.25) is 9.36 Å². The van der Waals surface area contributed by atoms with Gasteiger partial charge in [0.05, 0.1) is 11.0 Å². The fourth-order valence-electron chi connectivity index (χ4n) is 1.87. The molecule has 2 heterocycles. The number of hydrogen-bond acceptors (Lipinski definition) is 3. The molecule has 0 aliphatic heterocycles. The van der Waals surface area contributed by atoms with Crippen LogP contribution in [0.5, 0.6) is 0 Å². The van der Waals surface area contributed by atoms with Gasteiger partial charge in [0.15, 0.2) is 6.29 Å². The predicted molar refractivity (Wildman–Crippen MR) is 63.2 cm³/mol. The maximum Gasteiger partial charge on any atom is 0.215 e. The lowest BCUT2D eigenvalue weighted by Gasteiger charge is -2.01.